The Morgan fingerprint density at radius 3 is 2.78 bits per heavy atom. The van der Waals surface area contributed by atoms with Gasteiger partial charge in [0.25, 0.3) is 0 Å². The molecule has 0 spiro atoms. The second-order valence-corrected chi connectivity index (χ2v) is 4.26. The smallest absolute Gasteiger partial charge is 0.226 e. The van der Waals surface area contributed by atoms with E-state index >= 15 is 0 Å². The van der Waals surface area contributed by atoms with Crippen LogP contribution in [0.2, 0.25) is 5.02 Å². The third-order valence-corrected chi connectivity index (χ3v) is 2.66. The Morgan fingerprint density at radius 1 is 1.39 bits per heavy atom. The highest BCUT2D eigenvalue weighted by atomic mass is 35.5. The zero-order valence-corrected chi connectivity index (χ0v) is 10.7. The molecule has 1 aromatic heterocycles. The fourth-order valence-corrected chi connectivity index (χ4v) is 1.70. The first-order valence-electron chi connectivity index (χ1n) is 5.67. The van der Waals surface area contributed by atoms with Gasteiger partial charge in [0.15, 0.2) is 5.76 Å². The summed E-state index contributed by atoms with van der Waals surface area (Å²) >= 11 is 5.81. The SMILES string of the molecule is CCNC(=O)Cc1cc(-c2ccc(Cl)cc2)on1. The number of nitrogens with one attached hydrogen (secondary N) is 1. The van der Waals surface area contributed by atoms with Crippen LogP contribution in [0.15, 0.2) is 34.9 Å². The zero-order valence-electron chi connectivity index (χ0n) is 9.94. The van der Waals surface area contributed by atoms with Crippen molar-refractivity contribution in [1.29, 1.82) is 0 Å². The summed E-state index contributed by atoms with van der Waals surface area (Å²) in [4.78, 5) is 11.4. The predicted molar refractivity (Wildman–Crippen MR) is 69.3 cm³/mol. The minimum Gasteiger partial charge on any atom is -0.356 e. The lowest BCUT2D eigenvalue weighted by atomic mass is 10.1. The van der Waals surface area contributed by atoms with E-state index in [0.717, 1.165) is 5.56 Å². The third-order valence-electron chi connectivity index (χ3n) is 2.40. The summed E-state index contributed by atoms with van der Waals surface area (Å²) in [6, 6.07) is 9.02. The lowest BCUT2D eigenvalue weighted by Gasteiger charge is -1.97. The highest BCUT2D eigenvalue weighted by molar-refractivity contribution is 6.30. The number of likely N-dealkylation sites (N-methyl/N-ethyl adjacent to an activating group) is 1. The number of rotatable bonds is 4. The van der Waals surface area contributed by atoms with Crippen LogP contribution in [0.1, 0.15) is 12.6 Å². The van der Waals surface area contributed by atoms with Crippen LogP contribution in [0, 0.1) is 0 Å². The maximum Gasteiger partial charge on any atom is 0.226 e. The molecule has 0 radical (unpaired) electrons. The number of amides is 1. The molecule has 0 saturated carbocycles. The molecule has 0 atom stereocenters. The van der Waals surface area contributed by atoms with Crippen molar-refractivity contribution < 1.29 is 9.32 Å². The van der Waals surface area contributed by atoms with E-state index in [0.29, 0.717) is 23.0 Å². The molecule has 4 nitrogen and oxygen atoms in total. The quantitative estimate of drug-likeness (QED) is 0.924. The Morgan fingerprint density at radius 2 is 2.11 bits per heavy atom. The molecule has 0 bridgehead atoms. The van der Waals surface area contributed by atoms with E-state index in [9.17, 15) is 4.79 Å². The van der Waals surface area contributed by atoms with Crippen molar-refractivity contribution in [3.63, 3.8) is 0 Å². The number of benzene rings is 1. The van der Waals surface area contributed by atoms with Crippen LogP contribution in [0.5, 0.6) is 0 Å². The van der Waals surface area contributed by atoms with Crippen molar-refractivity contribution in [3.8, 4) is 11.3 Å². The fraction of sp³-hybridized carbons (Fsp3) is 0.231. The molecule has 2 rings (SSSR count). The Labute approximate surface area is 110 Å². The molecule has 1 amide bonds. The standard InChI is InChI=1S/C13H13ClN2O2/c1-2-15-13(17)8-11-7-12(18-16-11)9-3-5-10(14)6-4-9/h3-7H,2,8H2,1H3,(H,15,17). The van der Waals surface area contributed by atoms with E-state index in [1.807, 2.05) is 19.1 Å². The molecule has 1 N–H and O–H groups in total. The summed E-state index contributed by atoms with van der Waals surface area (Å²) in [6.45, 7) is 2.49. The van der Waals surface area contributed by atoms with E-state index in [-0.39, 0.29) is 12.3 Å². The van der Waals surface area contributed by atoms with Gasteiger partial charge in [-0.2, -0.15) is 0 Å². The monoisotopic (exact) mass is 264 g/mol. The number of halogens is 1. The summed E-state index contributed by atoms with van der Waals surface area (Å²) in [5, 5.41) is 7.25. The van der Waals surface area contributed by atoms with Gasteiger partial charge >= 0.3 is 0 Å². The second-order valence-electron chi connectivity index (χ2n) is 3.82. The molecule has 0 aliphatic rings. The van der Waals surface area contributed by atoms with E-state index in [4.69, 9.17) is 16.1 Å². The Bertz CT molecular complexity index is 534. The Kier molecular flexibility index (Phi) is 3.99. The molecular weight excluding hydrogens is 252 g/mol. The van der Waals surface area contributed by atoms with Crippen LogP contribution in [0.4, 0.5) is 0 Å². The highest BCUT2D eigenvalue weighted by Gasteiger charge is 2.09. The van der Waals surface area contributed by atoms with Crippen molar-refractivity contribution in [1.82, 2.24) is 10.5 Å². The first-order valence-corrected chi connectivity index (χ1v) is 6.05. The number of aromatic nitrogens is 1. The molecule has 0 unspecified atom stereocenters. The summed E-state index contributed by atoms with van der Waals surface area (Å²) in [6.07, 6.45) is 0.227. The summed E-state index contributed by atoms with van der Waals surface area (Å²) in [5.41, 5.74) is 1.50. The van der Waals surface area contributed by atoms with Crippen LogP contribution in [-0.4, -0.2) is 17.6 Å². The average Bonchev–Trinajstić information content (AvgIpc) is 2.78. The van der Waals surface area contributed by atoms with Crippen molar-refractivity contribution in [3.05, 3.63) is 41.0 Å². The fourth-order valence-electron chi connectivity index (χ4n) is 1.57. The molecule has 0 saturated heterocycles. The van der Waals surface area contributed by atoms with Gasteiger partial charge in [-0.15, -0.1) is 0 Å². The normalized spacial score (nSPS) is 10.3. The molecule has 1 heterocycles. The van der Waals surface area contributed by atoms with Gasteiger partial charge in [-0.1, -0.05) is 16.8 Å². The number of hydrogen-bond donors (Lipinski definition) is 1. The molecule has 0 aliphatic heterocycles. The van der Waals surface area contributed by atoms with Gasteiger partial charge < -0.3 is 9.84 Å². The predicted octanol–water partition coefficient (Wildman–Crippen LogP) is 2.67. The van der Waals surface area contributed by atoms with Crippen LogP contribution in [-0.2, 0) is 11.2 Å². The molecule has 94 valence electrons. The van der Waals surface area contributed by atoms with E-state index < -0.39 is 0 Å². The number of hydrogen-bond acceptors (Lipinski definition) is 3. The molecule has 0 fully saturated rings. The molecule has 1 aromatic carbocycles. The highest BCUT2D eigenvalue weighted by Crippen LogP contribution is 2.22. The number of carbonyl (C=O) groups is 1. The van der Waals surface area contributed by atoms with E-state index in [1.165, 1.54) is 0 Å². The molecule has 5 heteroatoms. The van der Waals surface area contributed by atoms with Crippen molar-refractivity contribution in [2.24, 2.45) is 0 Å². The second kappa shape index (κ2) is 5.69. The molecule has 18 heavy (non-hydrogen) atoms. The molecule has 0 aliphatic carbocycles. The van der Waals surface area contributed by atoms with Crippen molar-refractivity contribution in [2.45, 2.75) is 13.3 Å². The van der Waals surface area contributed by atoms with E-state index in [1.54, 1.807) is 18.2 Å². The van der Waals surface area contributed by atoms with Gasteiger partial charge in [0.1, 0.15) is 0 Å². The number of nitrogens with zero attached hydrogens (tertiary/aromatic N) is 1. The summed E-state index contributed by atoms with van der Waals surface area (Å²) in [5.74, 6) is 0.569. The van der Waals surface area contributed by atoms with Crippen molar-refractivity contribution in [2.75, 3.05) is 6.54 Å². The minimum atomic E-state index is -0.0616. The van der Waals surface area contributed by atoms with Gasteiger partial charge in [0.2, 0.25) is 5.91 Å². The first kappa shape index (κ1) is 12.6. The van der Waals surface area contributed by atoms with Crippen LogP contribution >= 0.6 is 11.6 Å². The summed E-state index contributed by atoms with van der Waals surface area (Å²) in [7, 11) is 0. The van der Waals surface area contributed by atoms with Gasteiger partial charge in [0.05, 0.1) is 12.1 Å². The third kappa shape index (κ3) is 3.11. The first-order chi connectivity index (χ1) is 8.69. The van der Waals surface area contributed by atoms with E-state index in [2.05, 4.69) is 10.5 Å². The zero-order chi connectivity index (χ0) is 13.0. The van der Waals surface area contributed by atoms with Gasteiger partial charge in [-0.25, -0.2) is 0 Å². The van der Waals surface area contributed by atoms with Gasteiger partial charge in [-0.05, 0) is 31.2 Å². The molecule has 2 aromatic rings. The number of carbonyl (C=O) groups excluding carboxylic acids is 1. The Balaban J connectivity index is 2.10. The lowest BCUT2D eigenvalue weighted by Crippen LogP contribution is -2.24. The average molecular weight is 265 g/mol. The topological polar surface area (TPSA) is 55.1 Å². The Hall–Kier alpha value is -1.81. The lowest BCUT2D eigenvalue weighted by molar-refractivity contribution is -0.120. The van der Waals surface area contributed by atoms with Crippen LogP contribution in [0.3, 0.4) is 0 Å². The summed E-state index contributed by atoms with van der Waals surface area (Å²) < 4.78 is 5.20. The molecular formula is C13H13ClN2O2. The van der Waals surface area contributed by atoms with Gasteiger partial charge in [0, 0.05) is 23.2 Å². The van der Waals surface area contributed by atoms with Crippen LogP contribution in [0.25, 0.3) is 11.3 Å². The van der Waals surface area contributed by atoms with Crippen LogP contribution < -0.4 is 5.32 Å². The maximum atomic E-state index is 11.4. The van der Waals surface area contributed by atoms with Gasteiger partial charge in [-0.3, -0.25) is 4.79 Å². The van der Waals surface area contributed by atoms with Crippen molar-refractivity contribution >= 4 is 17.5 Å². The maximum absolute atomic E-state index is 11.4. The minimum absolute atomic E-state index is 0.0616. The largest absolute Gasteiger partial charge is 0.356 e.